The van der Waals surface area contributed by atoms with E-state index in [4.69, 9.17) is 0 Å². The number of nitrogens with zero attached hydrogens (tertiary/aromatic N) is 4. The average Bonchev–Trinajstić information content (AvgIpc) is 3.02. The fourth-order valence-corrected chi connectivity index (χ4v) is 2.75. The molecule has 0 aromatic carbocycles. The third kappa shape index (κ3) is 4.37. The van der Waals surface area contributed by atoms with E-state index in [0.717, 1.165) is 24.6 Å². The van der Waals surface area contributed by atoms with Gasteiger partial charge in [0.2, 0.25) is 0 Å². The molecule has 1 atom stereocenters. The smallest absolute Gasteiger partial charge is 0.191 e. The Labute approximate surface area is 138 Å². The molecule has 1 unspecified atom stereocenters. The zero-order valence-corrected chi connectivity index (χ0v) is 15.0. The maximum Gasteiger partial charge on any atom is 0.191 e. The third-order valence-electron chi connectivity index (χ3n) is 4.13. The Balaban J connectivity index is 1.90. The molecule has 0 bridgehead atoms. The first-order valence-corrected chi connectivity index (χ1v) is 7.97. The maximum atomic E-state index is 4.48. The number of rotatable bonds is 5. The van der Waals surface area contributed by atoms with Gasteiger partial charge in [0.05, 0.1) is 5.69 Å². The summed E-state index contributed by atoms with van der Waals surface area (Å²) < 4.78 is 3.99. The Morgan fingerprint density at radius 3 is 2.61 bits per heavy atom. The second kappa shape index (κ2) is 7.35. The highest BCUT2D eigenvalue weighted by Gasteiger charge is 2.14. The highest BCUT2D eigenvalue weighted by molar-refractivity contribution is 5.79. The largest absolute Gasteiger partial charge is 0.357 e. The van der Waals surface area contributed by atoms with Crippen LogP contribution in [0.1, 0.15) is 29.4 Å². The van der Waals surface area contributed by atoms with Crippen molar-refractivity contribution < 1.29 is 0 Å². The second-order valence-corrected chi connectivity index (χ2v) is 6.13. The molecule has 0 aliphatic rings. The lowest BCUT2D eigenvalue weighted by molar-refractivity contribution is 0.635. The molecule has 2 heterocycles. The van der Waals surface area contributed by atoms with Crippen molar-refractivity contribution in [2.24, 2.45) is 19.1 Å². The van der Waals surface area contributed by atoms with E-state index in [1.807, 2.05) is 29.5 Å². The van der Waals surface area contributed by atoms with Crippen molar-refractivity contribution >= 4 is 5.96 Å². The lowest BCUT2D eigenvalue weighted by Crippen LogP contribution is -2.42. The number of nitrogens with one attached hydrogen (secondary N) is 2. The molecule has 2 rings (SSSR count). The summed E-state index contributed by atoms with van der Waals surface area (Å²) in [7, 11) is 5.81. The minimum atomic E-state index is 0.276. The first kappa shape index (κ1) is 17.1. The summed E-state index contributed by atoms with van der Waals surface area (Å²) in [6.45, 7) is 7.11. The average molecular weight is 316 g/mol. The molecule has 0 saturated heterocycles. The van der Waals surface area contributed by atoms with Gasteiger partial charge in [-0.3, -0.25) is 9.67 Å². The molecule has 126 valence electrons. The number of aryl methyl sites for hydroxylation is 3. The topological polar surface area (TPSA) is 59.2 Å². The summed E-state index contributed by atoms with van der Waals surface area (Å²) in [4.78, 5) is 4.31. The molecule has 23 heavy (non-hydrogen) atoms. The van der Waals surface area contributed by atoms with Crippen LogP contribution in [0.2, 0.25) is 0 Å². The first-order chi connectivity index (χ1) is 10.9. The fraction of sp³-hybridized carbons (Fsp3) is 0.529. The molecule has 0 aliphatic heterocycles. The summed E-state index contributed by atoms with van der Waals surface area (Å²) >= 11 is 0. The quantitative estimate of drug-likeness (QED) is 0.652. The van der Waals surface area contributed by atoms with Crippen LogP contribution in [-0.2, 0) is 27.1 Å². The number of guanidine groups is 1. The van der Waals surface area contributed by atoms with Crippen LogP contribution in [0.4, 0.5) is 0 Å². The zero-order valence-electron chi connectivity index (χ0n) is 15.0. The normalized spacial score (nSPS) is 13.2. The molecule has 2 N–H and O–H groups in total. The van der Waals surface area contributed by atoms with Crippen LogP contribution in [0, 0.1) is 13.8 Å². The second-order valence-electron chi connectivity index (χ2n) is 6.13. The summed E-state index contributed by atoms with van der Waals surface area (Å²) in [6, 6.07) is 2.38. The SMILES string of the molecule is CN=C(NCc1ccn(C)c1)NC(C)Cc1c(C)nn(C)c1C. The van der Waals surface area contributed by atoms with Gasteiger partial charge in [0.1, 0.15) is 0 Å². The van der Waals surface area contributed by atoms with Crippen molar-refractivity contribution in [1.82, 2.24) is 25.0 Å². The summed E-state index contributed by atoms with van der Waals surface area (Å²) in [5.41, 5.74) is 4.88. The van der Waals surface area contributed by atoms with E-state index < -0.39 is 0 Å². The van der Waals surface area contributed by atoms with E-state index in [0.29, 0.717) is 0 Å². The van der Waals surface area contributed by atoms with Gasteiger partial charge in [-0.25, -0.2) is 0 Å². The summed E-state index contributed by atoms with van der Waals surface area (Å²) in [5.74, 6) is 0.820. The van der Waals surface area contributed by atoms with Crippen molar-refractivity contribution in [3.8, 4) is 0 Å². The van der Waals surface area contributed by atoms with Gasteiger partial charge < -0.3 is 15.2 Å². The van der Waals surface area contributed by atoms with E-state index in [2.05, 4.69) is 53.8 Å². The molecule has 2 aromatic heterocycles. The summed E-state index contributed by atoms with van der Waals surface area (Å²) in [5, 5.41) is 11.3. The minimum absolute atomic E-state index is 0.276. The molecule has 0 amide bonds. The standard InChI is InChI=1S/C17H28N6/c1-12(9-16-13(2)21-23(6)14(16)3)20-17(18-4)19-10-15-7-8-22(5)11-15/h7-8,11-12H,9-10H2,1-6H3,(H2,18,19,20). The molecule has 2 aromatic rings. The predicted octanol–water partition coefficient (Wildman–Crippen LogP) is 1.67. The molecular weight excluding hydrogens is 288 g/mol. The van der Waals surface area contributed by atoms with Gasteiger partial charge in [0.15, 0.2) is 5.96 Å². The molecule has 6 nitrogen and oxygen atoms in total. The van der Waals surface area contributed by atoms with Crippen molar-refractivity contribution in [2.45, 2.75) is 39.8 Å². The van der Waals surface area contributed by atoms with Gasteiger partial charge >= 0.3 is 0 Å². The lowest BCUT2D eigenvalue weighted by Gasteiger charge is -2.18. The lowest BCUT2D eigenvalue weighted by atomic mass is 10.1. The molecular formula is C17H28N6. The van der Waals surface area contributed by atoms with E-state index in [1.54, 1.807) is 7.05 Å². The monoisotopic (exact) mass is 316 g/mol. The highest BCUT2D eigenvalue weighted by atomic mass is 15.3. The van der Waals surface area contributed by atoms with E-state index in [1.165, 1.54) is 16.8 Å². The number of aromatic nitrogens is 3. The fourth-order valence-electron chi connectivity index (χ4n) is 2.75. The van der Waals surface area contributed by atoms with Crippen molar-refractivity contribution in [3.05, 3.63) is 41.0 Å². The predicted molar refractivity (Wildman–Crippen MR) is 94.6 cm³/mol. The van der Waals surface area contributed by atoms with Crippen LogP contribution in [0.15, 0.2) is 23.5 Å². The maximum absolute atomic E-state index is 4.48. The Kier molecular flexibility index (Phi) is 5.47. The van der Waals surface area contributed by atoms with Gasteiger partial charge in [-0.2, -0.15) is 5.10 Å². The molecule has 6 heteroatoms. The van der Waals surface area contributed by atoms with Gasteiger partial charge in [0, 0.05) is 51.8 Å². The van der Waals surface area contributed by atoms with Crippen molar-refractivity contribution in [1.29, 1.82) is 0 Å². The third-order valence-corrected chi connectivity index (χ3v) is 4.13. The number of hydrogen-bond donors (Lipinski definition) is 2. The first-order valence-electron chi connectivity index (χ1n) is 7.97. The van der Waals surface area contributed by atoms with Crippen molar-refractivity contribution in [3.63, 3.8) is 0 Å². The van der Waals surface area contributed by atoms with Crippen molar-refractivity contribution in [2.75, 3.05) is 7.05 Å². The van der Waals surface area contributed by atoms with Crippen LogP contribution in [0.5, 0.6) is 0 Å². The summed E-state index contributed by atoms with van der Waals surface area (Å²) in [6.07, 6.45) is 5.08. The number of hydrogen-bond acceptors (Lipinski definition) is 2. The van der Waals surface area contributed by atoms with Crippen LogP contribution >= 0.6 is 0 Å². The molecule has 0 aliphatic carbocycles. The molecule has 0 spiro atoms. The van der Waals surface area contributed by atoms with Crippen LogP contribution in [0.3, 0.4) is 0 Å². The van der Waals surface area contributed by atoms with Crippen LogP contribution in [-0.4, -0.2) is 33.4 Å². The Bertz CT molecular complexity index is 679. The highest BCUT2D eigenvalue weighted by Crippen LogP contribution is 2.14. The zero-order chi connectivity index (χ0) is 17.0. The van der Waals surface area contributed by atoms with Crippen LogP contribution in [0.25, 0.3) is 0 Å². The van der Waals surface area contributed by atoms with Gasteiger partial charge in [-0.15, -0.1) is 0 Å². The molecule has 0 fully saturated rings. The Hall–Kier alpha value is -2.24. The molecule has 0 radical (unpaired) electrons. The van der Waals surface area contributed by atoms with Gasteiger partial charge in [-0.1, -0.05) is 0 Å². The minimum Gasteiger partial charge on any atom is -0.357 e. The Morgan fingerprint density at radius 1 is 1.35 bits per heavy atom. The molecule has 0 saturated carbocycles. The van der Waals surface area contributed by atoms with E-state index >= 15 is 0 Å². The van der Waals surface area contributed by atoms with Crippen LogP contribution < -0.4 is 10.6 Å². The van der Waals surface area contributed by atoms with E-state index in [9.17, 15) is 0 Å². The number of aliphatic imine (C=N–C) groups is 1. The Morgan fingerprint density at radius 2 is 2.09 bits per heavy atom. The van der Waals surface area contributed by atoms with Gasteiger partial charge in [0.25, 0.3) is 0 Å². The van der Waals surface area contributed by atoms with E-state index in [-0.39, 0.29) is 6.04 Å². The van der Waals surface area contributed by atoms with Gasteiger partial charge in [-0.05, 0) is 44.4 Å².